The highest BCUT2D eigenvalue weighted by molar-refractivity contribution is 5.86. The summed E-state index contributed by atoms with van der Waals surface area (Å²) in [6.45, 7) is 0. The molecular weight excluding hydrogens is 240 g/mol. The third-order valence-electron chi connectivity index (χ3n) is 4.29. The van der Waals surface area contributed by atoms with Gasteiger partial charge in [-0.1, -0.05) is 60.5 Å². The second-order valence-electron chi connectivity index (χ2n) is 5.29. The Labute approximate surface area is 127 Å². The van der Waals surface area contributed by atoms with Gasteiger partial charge in [-0.2, -0.15) is 0 Å². The molecule has 0 nitrogen and oxygen atoms in total. The van der Waals surface area contributed by atoms with Crippen LogP contribution < -0.4 is 0 Å². The van der Waals surface area contributed by atoms with Crippen LogP contribution in [0, 0.1) is 0 Å². The fourth-order valence-electron chi connectivity index (χ4n) is 3.36. The van der Waals surface area contributed by atoms with Gasteiger partial charge in [-0.3, -0.25) is 0 Å². The summed E-state index contributed by atoms with van der Waals surface area (Å²) in [5, 5.41) is 0. The van der Waals surface area contributed by atoms with E-state index >= 15 is 0 Å². The van der Waals surface area contributed by atoms with Crippen LogP contribution in [-0.4, -0.2) is 0 Å². The largest absolute Gasteiger partial charge is 0.0630 e. The third-order valence-corrected chi connectivity index (χ3v) is 4.29. The lowest BCUT2D eigenvalue weighted by atomic mass is 9.96. The predicted octanol–water partition coefficient (Wildman–Crippen LogP) is 4.83. The second-order valence-corrected chi connectivity index (χ2v) is 5.29. The molecule has 0 heterocycles. The Morgan fingerprint density at radius 3 is 1.65 bits per heavy atom. The van der Waals surface area contributed by atoms with E-state index < -0.39 is 0 Å². The van der Waals surface area contributed by atoms with Gasteiger partial charge < -0.3 is 0 Å². The molecule has 5 rings (SSSR count). The van der Waals surface area contributed by atoms with Crippen molar-refractivity contribution < 1.29 is 8.22 Å². The average Bonchev–Trinajstić information content (AvgIpc) is 3.12. The molecule has 2 aliphatic rings. The number of rotatable bonds is 0. The first-order valence-corrected chi connectivity index (χ1v) is 6.72. The van der Waals surface area contributed by atoms with Crippen molar-refractivity contribution in [3.63, 3.8) is 0 Å². The molecule has 94 valence electrons. The smallest absolute Gasteiger partial charge is 0.0619 e. The summed E-state index contributed by atoms with van der Waals surface area (Å²) in [7, 11) is 0. The Morgan fingerprint density at radius 2 is 1.15 bits per heavy atom. The topological polar surface area (TPSA) is 0 Å². The fourth-order valence-corrected chi connectivity index (χ4v) is 3.36. The molecule has 0 unspecified atom stereocenters. The molecule has 3 aromatic rings. The minimum atomic E-state index is 0.109. The number of fused-ring (bicyclic) bond motifs is 7. The Balaban J connectivity index is 1.86. The molecule has 0 spiro atoms. The highest BCUT2D eigenvalue weighted by Gasteiger charge is 2.27. The molecule has 0 saturated heterocycles. The fraction of sp³-hybridized carbons (Fsp3) is 0.100. The summed E-state index contributed by atoms with van der Waals surface area (Å²) >= 11 is 0. The summed E-state index contributed by atoms with van der Waals surface area (Å²) in [4.78, 5) is 0. The maximum atomic E-state index is 8.56. The lowest BCUT2D eigenvalue weighted by molar-refractivity contribution is 1.16. The first-order valence-electron chi connectivity index (χ1n) is 9.72. The molecule has 0 fully saturated rings. The first kappa shape index (κ1) is 6.41. The maximum absolute atomic E-state index is 8.56. The first-order chi connectivity index (χ1) is 12.4. The highest BCUT2D eigenvalue weighted by Crippen LogP contribution is 2.46. The maximum Gasteiger partial charge on any atom is 0.0630 e. The lowest BCUT2D eigenvalue weighted by Gasteiger charge is -2.07. The SMILES string of the molecule is [2H]c1cc([2H])c2c(c1)-c1c([2H])c([2H])c3c(c1C2)Cc1c([2H])cc([2H])cc1-3. The van der Waals surface area contributed by atoms with Gasteiger partial charge in [-0.05, 0) is 57.3 Å². The van der Waals surface area contributed by atoms with Crippen LogP contribution in [0.15, 0.2) is 60.5 Å². The second kappa shape index (κ2) is 3.61. The predicted molar refractivity (Wildman–Crippen MR) is 82.9 cm³/mol. The van der Waals surface area contributed by atoms with E-state index in [1.165, 1.54) is 12.1 Å². The van der Waals surface area contributed by atoms with Gasteiger partial charge >= 0.3 is 0 Å². The molecule has 2 aliphatic carbocycles. The van der Waals surface area contributed by atoms with E-state index in [1.54, 1.807) is 12.1 Å². The molecule has 0 radical (unpaired) electrons. The normalized spacial score (nSPS) is 17.8. The van der Waals surface area contributed by atoms with Crippen LogP contribution in [0.25, 0.3) is 22.3 Å². The van der Waals surface area contributed by atoms with E-state index in [4.69, 9.17) is 8.22 Å². The molecule has 20 heavy (non-hydrogen) atoms. The summed E-state index contributed by atoms with van der Waals surface area (Å²) in [6.07, 6.45) is 1.04. The lowest BCUT2D eigenvalue weighted by Crippen LogP contribution is -1.90. The van der Waals surface area contributed by atoms with Crippen molar-refractivity contribution in [3.05, 3.63) is 82.8 Å². The molecule has 0 amide bonds. The van der Waals surface area contributed by atoms with Gasteiger partial charge in [-0.15, -0.1) is 0 Å². The van der Waals surface area contributed by atoms with Crippen LogP contribution >= 0.6 is 0 Å². The minimum absolute atomic E-state index is 0.109. The van der Waals surface area contributed by atoms with Crippen molar-refractivity contribution >= 4 is 0 Å². The van der Waals surface area contributed by atoms with Crippen LogP contribution in [-0.2, 0) is 12.8 Å². The Kier molecular flexibility index (Phi) is 1.16. The monoisotopic (exact) mass is 260 g/mol. The van der Waals surface area contributed by atoms with Gasteiger partial charge in [0.25, 0.3) is 0 Å². The zero-order valence-corrected chi connectivity index (χ0v) is 10.7. The van der Waals surface area contributed by atoms with Gasteiger partial charge in [0.1, 0.15) is 0 Å². The molecule has 0 bridgehead atoms. The summed E-state index contributed by atoms with van der Waals surface area (Å²) in [5.41, 5.74) is 6.27. The van der Waals surface area contributed by atoms with Crippen LogP contribution in [0.3, 0.4) is 0 Å². The van der Waals surface area contributed by atoms with Gasteiger partial charge in [-0.25, -0.2) is 0 Å². The summed E-state index contributed by atoms with van der Waals surface area (Å²) < 4.78 is 49.3. The van der Waals surface area contributed by atoms with Crippen molar-refractivity contribution in [2.24, 2.45) is 0 Å². The number of hydrogen-bond donors (Lipinski definition) is 0. The van der Waals surface area contributed by atoms with Crippen LogP contribution in [0.4, 0.5) is 0 Å². The van der Waals surface area contributed by atoms with E-state index in [1.807, 2.05) is 0 Å². The van der Waals surface area contributed by atoms with E-state index in [2.05, 4.69) is 0 Å². The number of benzene rings is 3. The third kappa shape index (κ3) is 1.21. The standard InChI is InChI=1S/C20H14/c1-3-7-15-13(5-1)11-19-17(15)9-10-18-16-8-4-2-6-14(16)12-20(18)19/h1-10H,11-12H2/i3D,4D,5D,6D,9D,10D. The Morgan fingerprint density at radius 1 is 0.650 bits per heavy atom. The molecule has 0 aromatic heterocycles. The van der Waals surface area contributed by atoms with Crippen molar-refractivity contribution in [2.75, 3.05) is 0 Å². The molecular formula is C20H14. The zero-order chi connectivity index (χ0) is 18.3. The van der Waals surface area contributed by atoms with E-state index in [0.29, 0.717) is 36.1 Å². The molecule has 0 atom stereocenters. The quantitative estimate of drug-likeness (QED) is 0.374. The van der Waals surface area contributed by atoms with Gasteiger partial charge in [0, 0.05) is 0 Å². The summed E-state index contributed by atoms with van der Waals surface area (Å²) in [5.74, 6) is 0. The van der Waals surface area contributed by atoms with Crippen LogP contribution in [0.5, 0.6) is 0 Å². The zero-order valence-electron chi connectivity index (χ0n) is 16.7. The van der Waals surface area contributed by atoms with Crippen molar-refractivity contribution in [1.82, 2.24) is 0 Å². The Hall–Kier alpha value is -2.34. The molecule has 0 saturated carbocycles. The van der Waals surface area contributed by atoms with Crippen LogP contribution in [0.1, 0.15) is 30.5 Å². The van der Waals surface area contributed by atoms with Crippen LogP contribution in [0.2, 0.25) is 0 Å². The van der Waals surface area contributed by atoms with Gasteiger partial charge in [0.2, 0.25) is 0 Å². The van der Waals surface area contributed by atoms with E-state index in [0.717, 1.165) is 33.4 Å². The number of hydrogen-bond acceptors (Lipinski definition) is 0. The van der Waals surface area contributed by atoms with Gasteiger partial charge in [0.15, 0.2) is 0 Å². The Bertz CT molecular complexity index is 1060. The van der Waals surface area contributed by atoms with Gasteiger partial charge in [0.05, 0.1) is 8.22 Å². The van der Waals surface area contributed by atoms with Crippen molar-refractivity contribution in [1.29, 1.82) is 0 Å². The highest BCUT2D eigenvalue weighted by atomic mass is 14.3. The molecule has 0 heteroatoms. The molecule has 0 N–H and O–H groups in total. The molecule has 3 aromatic carbocycles. The van der Waals surface area contributed by atoms with E-state index in [9.17, 15) is 0 Å². The van der Waals surface area contributed by atoms with Crippen molar-refractivity contribution in [2.45, 2.75) is 12.8 Å². The molecule has 0 aliphatic heterocycles. The average molecular weight is 260 g/mol. The van der Waals surface area contributed by atoms with Crippen molar-refractivity contribution in [3.8, 4) is 22.3 Å². The minimum Gasteiger partial charge on any atom is -0.0619 e. The van der Waals surface area contributed by atoms with E-state index in [-0.39, 0.29) is 24.2 Å². The summed E-state index contributed by atoms with van der Waals surface area (Å²) in [6, 6.07) is 7.69.